The van der Waals surface area contributed by atoms with Gasteiger partial charge in [0.25, 0.3) is 0 Å². The van der Waals surface area contributed by atoms with E-state index in [-0.39, 0.29) is 11.4 Å². The minimum Gasteiger partial charge on any atom is -0.496 e. The first-order chi connectivity index (χ1) is 13.8. The Bertz CT molecular complexity index is 1110. The third-order valence-corrected chi connectivity index (χ3v) is 6.25. The summed E-state index contributed by atoms with van der Waals surface area (Å²) in [6.07, 6.45) is 4.96. The Morgan fingerprint density at radius 1 is 1.07 bits per heavy atom. The average Bonchev–Trinajstić information content (AvgIpc) is 3.13. The molecule has 0 radical (unpaired) electrons. The van der Waals surface area contributed by atoms with Crippen LogP contribution in [0.25, 0.3) is 5.82 Å². The molecule has 0 spiro atoms. The van der Waals surface area contributed by atoms with Crippen molar-refractivity contribution in [1.82, 2.24) is 24.2 Å². The van der Waals surface area contributed by atoms with Gasteiger partial charge >= 0.3 is 0 Å². The van der Waals surface area contributed by atoms with E-state index in [2.05, 4.69) is 25.0 Å². The third-order valence-electron chi connectivity index (χ3n) is 4.65. The van der Waals surface area contributed by atoms with Crippen molar-refractivity contribution in [2.24, 2.45) is 0 Å². The number of nitrogens with one attached hydrogen (secondary N) is 2. The molecule has 2 N–H and O–H groups in total. The zero-order valence-electron chi connectivity index (χ0n) is 16.8. The molecule has 0 saturated carbocycles. The molecule has 0 amide bonds. The number of imidazole rings is 1. The van der Waals surface area contributed by atoms with Crippen LogP contribution >= 0.6 is 0 Å². The molecule has 0 bridgehead atoms. The molecule has 3 rings (SSSR count). The van der Waals surface area contributed by atoms with Gasteiger partial charge in [0.15, 0.2) is 0 Å². The van der Waals surface area contributed by atoms with Gasteiger partial charge in [-0.1, -0.05) is 0 Å². The van der Waals surface area contributed by atoms with Crippen LogP contribution in [0, 0.1) is 20.8 Å². The Labute approximate surface area is 170 Å². The molecule has 0 aliphatic carbocycles. The summed E-state index contributed by atoms with van der Waals surface area (Å²) >= 11 is 0. The first kappa shape index (κ1) is 20.7. The average molecular weight is 417 g/mol. The highest BCUT2D eigenvalue weighted by atomic mass is 32.2. The van der Waals surface area contributed by atoms with Crippen molar-refractivity contribution in [2.75, 3.05) is 25.5 Å². The molecule has 0 saturated heterocycles. The fourth-order valence-electron chi connectivity index (χ4n) is 2.93. The number of aromatic nitrogens is 4. The van der Waals surface area contributed by atoms with E-state index in [1.54, 1.807) is 38.4 Å². The summed E-state index contributed by atoms with van der Waals surface area (Å²) in [7, 11) is -2.07. The monoisotopic (exact) mass is 416 g/mol. The minimum absolute atomic E-state index is 0.205. The van der Waals surface area contributed by atoms with Crippen LogP contribution in [-0.4, -0.2) is 48.1 Å². The molecule has 3 aromatic rings. The summed E-state index contributed by atoms with van der Waals surface area (Å²) in [5.41, 5.74) is 1.47. The number of rotatable bonds is 8. The second-order valence-electron chi connectivity index (χ2n) is 6.45. The Balaban J connectivity index is 1.62. The van der Waals surface area contributed by atoms with Gasteiger partial charge < -0.3 is 10.1 Å². The summed E-state index contributed by atoms with van der Waals surface area (Å²) in [5, 5.41) is 3.10. The number of ether oxygens (including phenoxy) is 1. The van der Waals surface area contributed by atoms with E-state index in [0.29, 0.717) is 29.5 Å². The predicted octanol–water partition coefficient (Wildman–Crippen LogP) is 1.99. The van der Waals surface area contributed by atoms with Crippen molar-refractivity contribution in [3.05, 3.63) is 53.9 Å². The fourth-order valence-corrected chi connectivity index (χ4v) is 4.26. The van der Waals surface area contributed by atoms with Gasteiger partial charge in [0.2, 0.25) is 10.0 Å². The van der Waals surface area contributed by atoms with Gasteiger partial charge in [0.05, 0.1) is 12.0 Å². The first-order valence-corrected chi connectivity index (χ1v) is 10.5. The quantitative estimate of drug-likeness (QED) is 0.540. The maximum absolute atomic E-state index is 12.6. The SMILES string of the molecule is COc1ccc(S(=O)(=O)NCCNc2cc(-n3ccnc3C)ncn2)c(C)c1C. The fraction of sp³-hybridized carbons (Fsp3) is 0.316. The topological polar surface area (TPSA) is 111 Å². The lowest BCUT2D eigenvalue weighted by Crippen LogP contribution is -2.29. The van der Waals surface area contributed by atoms with Gasteiger partial charge in [-0.15, -0.1) is 0 Å². The highest BCUT2D eigenvalue weighted by Gasteiger charge is 2.19. The molecular weight excluding hydrogens is 392 g/mol. The minimum atomic E-state index is -3.63. The van der Waals surface area contributed by atoms with E-state index in [4.69, 9.17) is 4.74 Å². The van der Waals surface area contributed by atoms with E-state index in [0.717, 1.165) is 11.4 Å². The molecule has 0 unspecified atom stereocenters. The summed E-state index contributed by atoms with van der Waals surface area (Å²) in [6, 6.07) is 5.00. The van der Waals surface area contributed by atoms with Crippen molar-refractivity contribution in [3.8, 4) is 11.6 Å². The van der Waals surface area contributed by atoms with E-state index in [1.165, 1.54) is 6.33 Å². The maximum atomic E-state index is 12.6. The van der Waals surface area contributed by atoms with Gasteiger partial charge in [-0.3, -0.25) is 4.57 Å². The summed E-state index contributed by atoms with van der Waals surface area (Å²) < 4.78 is 35.0. The van der Waals surface area contributed by atoms with E-state index >= 15 is 0 Å². The van der Waals surface area contributed by atoms with Crippen LogP contribution in [0.4, 0.5) is 5.82 Å². The number of methoxy groups -OCH3 is 1. The predicted molar refractivity (Wildman–Crippen MR) is 110 cm³/mol. The van der Waals surface area contributed by atoms with Crippen LogP contribution in [0.15, 0.2) is 41.8 Å². The highest BCUT2D eigenvalue weighted by molar-refractivity contribution is 7.89. The number of benzene rings is 1. The number of anilines is 1. The summed E-state index contributed by atoms with van der Waals surface area (Å²) in [4.78, 5) is 12.8. The lowest BCUT2D eigenvalue weighted by atomic mass is 10.1. The Morgan fingerprint density at radius 3 is 2.55 bits per heavy atom. The molecule has 2 heterocycles. The van der Waals surface area contributed by atoms with Gasteiger partial charge in [0.1, 0.15) is 29.5 Å². The van der Waals surface area contributed by atoms with Crippen LogP contribution in [0.2, 0.25) is 0 Å². The van der Waals surface area contributed by atoms with E-state index < -0.39 is 10.0 Å². The van der Waals surface area contributed by atoms with Crippen molar-refractivity contribution in [3.63, 3.8) is 0 Å². The van der Waals surface area contributed by atoms with Crippen molar-refractivity contribution >= 4 is 15.8 Å². The summed E-state index contributed by atoms with van der Waals surface area (Å²) in [5.74, 6) is 2.75. The van der Waals surface area contributed by atoms with Crippen LogP contribution in [0.1, 0.15) is 17.0 Å². The number of hydrogen-bond acceptors (Lipinski definition) is 7. The second kappa shape index (κ2) is 8.58. The molecule has 2 aromatic heterocycles. The number of hydrogen-bond donors (Lipinski definition) is 2. The molecule has 29 heavy (non-hydrogen) atoms. The van der Waals surface area contributed by atoms with Crippen LogP contribution in [0.3, 0.4) is 0 Å². The lowest BCUT2D eigenvalue weighted by molar-refractivity contribution is 0.410. The van der Waals surface area contributed by atoms with E-state index in [9.17, 15) is 8.42 Å². The van der Waals surface area contributed by atoms with Gasteiger partial charge in [-0.25, -0.2) is 28.1 Å². The van der Waals surface area contributed by atoms with Crippen molar-refractivity contribution in [2.45, 2.75) is 25.7 Å². The number of nitrogens with zero attached hydrogens (tertiary/aromatic N) is 4. The highest BCUT2D eigenvalue weighted by Crippen LogP contribution is 2.26. The van der Waals surface area contributed by atoms with Crippen LogP contribution in [0.5, 0.6) is 5.75 Å². The van der Waals surface area contributed by atoms with Gasteiger partial charge in [0, 0.05) is 31.5 Å². The Morgan fingerprint density at radius 2 is 1.86 bits per heavy atom. The first-order valence-electron chi connectivity index (χ1n) is 9.03. The number of sulfonamides is 1. The molecule has 0 fully saturated rings. The van der Waals surface area contributed by atoms with Gasteiger partial charge in [-0.2, -0.15) is 0 Å². The smallest absolute Gasteiger partial charge is 0.240 e. The molecule has 0 aliphatic heterocycles. The van der Waals surface area contributed by atoms with Crippen molar-refractivity contribution in [1.29, 1.82) is 0 Å². The zero-order valence-corrected chi connectivity index (χ0v) is 17.6. The van der Waals surface area contributed by atoms with Crippen LogP contribution in [-0.2, 0) is 10.0 Å². The standard InChI is InChI=1S/C19H24N6O3S/c1-13-14(2)17(6-5-16(13)28-4)29(26,27)24-8-7-21-18-11-19(23-12-22-18)25-10-9-20-15(25)3/h5-6,9-12,24H,7-8H2,1-4H3,(H,21,22,23). The normalized spacial score (nSPS) is 11.4. The maximum Gasteiger partial charge on any atom is 0.240 e. The zero-order chi connectivity index (χ0) is 21.0. The Kier molecular flexibility index (Phi) is 6.14. The molecule has 0 aliphatic rings. The molecule has 9 nitrogen and oxygen atoms in total. The molecule has 154 valence electrons. The van der Waals surface area contributed by atoms with Crippen LogP contribution < -0.4 is 14.8 Å². The van der Waals surface area contributed by atoms with Gasteiger partial charge in [-0.05, 0) is 44.0 Å². The largest absolute Gasteiger partial charge is 0.496 e. The second-order valence-corrected chi connectivity index (χ2v) is 8.18. The molecule has 1 aromatic carbocycles. The Hall–Kier alpha value is -2.98. The third kappa shape index (κ3) is 4.54. The molecule has 0 atom stereocenters. The number of aryl methyl sites for hydroxylation is 1. The lowest BCUT2D eigenvalue weighted by Gasteiger charge is -2.14. The summed E-state index contributed by atoms with van der Waals surface area (Å²) in [6.45, 7) is 6.06. The van der Waals surface area contributed by atoms with Crippen molar-refractivity contribution < 1.29 is 13.2 Å². The van der Waals surface area contributed by atoms with E-state index in [1.807, 2.05) is 24.6 Å². The molecule has 10 heteroatoms. The molecular formula is C19H24N6O3S.